The van der Waals surface area contributed by atoms with Crippen molar-refractivity contribution in [3.63, 3.8) is 0 Å². The van der Waals surface area contributed by atoms with Gasteiger partial charge < -0.3 is 4.84 Å². The van der Waals surface area contributed by atoms with E-state index < -0.39 is 0 Å². The fourth-order valence-electron chi connectivity index (χ4n) is 1.76. The molecule has 1 aliphatic carbocycles. The van der Waals surface area contributed by atoms with E-state index in [4.69, 9.17) is 5.90 Å². The van der Waals surface area contributed by atoms with Crippen LogP contribution >= 0.6 is 0 Å². The maximum atomic E-state index is 5.03. The second-order valence-corrected chi connectivity index (χ2v) is 4.44. The highest BCUT2D eigenvalue weighted by molar-refractivity contribution is 4.77. The molecule has 1 rings (SSSR count). The summed E-state index contributed by atoms with van der Waals surface area (Å²) < 4.78 is 0. The first-order chi connectivity index (χ1) is 5.14. The molecule has 0 atom stereocenters. The van der Waals surface area contributed by atoms with Gasteiger partial charge in [-0.05, 0) is 37.0 Å². The van der Waals surface area contributed by atoms with Gasteiger partial charge in [0.05, 0.1) is 6.61 Å². The van der Waals surface area contributed by atoms with E-state index in [9.17, 15) is 0 Å². The lowest BCUT2D eigenvalue weighted by Crippen LogP contribution is -2.24. The summed E-state index contributed by atoms with van der Waals surface area (Å²) in [7, 11) is 0. The van der Waals surface area contributed by atoms with E-state index in [1.54, 1.807) is 0 Å². The lowest BCUT2D eigenvalue weighted by molar-refractivity contribution is 0.0659. The van der Waals surface area contributed by atoms with E-state index in [2.05, 4.69) is 18.7 Å². The zero-order valence-corrected chi connectivity index (χ0v) is 7.60. The van der Waals surface area contributed by atoms with E-state index in [1.807, 2.05) is 0 Å². The molecule has 1 saturated carbocycles. The van der Waals surface area contributed by atoms with Crippen LogP contribution in [0.2, 0.25) is 0 Å². The Morgan fingerprint density at radius 2 is 1.91 bits per heavy atom. The Bertz CT molecular complexity index is 113. The fourth-order valence-corrected chi connectivity index (χ4v) is 1.76. The second kappa shape index (κ2) is 3.55. The van der Waals surface area contributed by atoms with E-state index in [0.717, 1.165) is 6.61 Å². The van der Waals surface area contributed by atoms with Crippen LogP contribution in [0.25, 0.3) is 0 Å². The van der Waals surface area contributed by atoms with Crippen LogP contribution < -0.4 is 5.90 Å². The summed E-state index contributed by atoms with van der Waals surface area (Å²) in [5.41, 5.74) is 0.561. The Hall–Kier alpha value is -0.0800. The monoisotopic (exact) mass is 157 g/mol. The van der Waals surface area contributed by atoms with Gasteiger partial charge in [0.25, 0.3) is 0 Å². The largest absolute Gasteiger partial charge is 0.304 e. The fraction of sp³-hybridized carbons (Fsp3) is 1.00. The minimum atomic E-state index is 0.561. The molecule has 1 fully saturated rings. The molecule has 0 radical (unpaired) electrons. The zero-order chi connectivity index (χ0) is 8.32. The zero-order valence-electron chi connectivity index (χ0n) is 7.60. The van der Waals surface area contributed by atoms with E-state index >= 15 is 0 Å². The summed E-state index contributed by atoms with van der Waals surface area (Å²) in [6.45, 7) is 5.43. The van der Waals surface area contributed by atoms with Gasteiger partial charge in [-0.1, -0.05) is 13.8 Å². The summed E-state index contributed by atoms with van der Waals surface area (Å²) in [4.78, 5) is 4.65. The molecule has 0 amide bonds. The molecule has 2 heteroatoms. The molecule has 0 aromatic heterocycles. The van der Waals surface area contributed by atoms with Gasteiger partial charge in [-0.25, -0.2) is 5.90 Å². The Labute approximate surface area is 69.1 Å². The van der Waals surface area contributed by atoms with E-state index in [-0.39, 0.29) is 0 Å². The van der Waals surface area contributed by atoms with Gasteiger partial charge in [-0.3, -0.25) is 0 Å². The molecule has 0 unspecified atom stereocenters. The number of hydrogen-bond donors (Lipinski definition) is 1. The topological polar surface area (TPSA) is 35.2 Å². The van der Waals surface area contributed by atoms with Crippen LogP contribution in [0.15, 0.2) is 0 Å². The molecule has 66 valence electrons. The average Bonchev–Trinajstić information content (AvgIpc) is 1.94. The highest BCUT2D eigenvalue weighted by atomic mass is 16.6. The van der Waals surface area contributed by atoms with Crippen LogP contribution in [0.1, 0.15) is 39.5 Å². The summed E-state index contributed by atoms with van der Waals surface area (Å²) in [6, 6.07) is 0. The molecule has 0 aliphatic heterocycles. The molecule has 1 aliphatic rings. The van der Waals surface area contributed by atoms with Crippen LogP contribution in [0, 0.1) is 11.3 Å². The van der Waals surface area contributed by atoms with Crippen molar-refractivity contribution in [2.45, 2.75) is 39.5 Å². The molecular weight excluding hydrogens is 138 g/mol. The maximum absolute atomic E-state index is 5.03. The lowest BCUT2D eigenvalue weighted by Gasteiger charge is -2.33. The first-order valence-electron chi connectivity index (χ1n) is 4.46. The summed E-state index contributed by atoms with van der Waals surface area (Å²) in [5, 5.41) is 0. The molecular formula is C9H19NO. The van der Waals surface area contributed by atoms with Gasteiger partial charge in [0.1, 0.15) is 0 Å². The average molecular weight is 157 g/mol. The lowest BCUT2D eigenvalue weighted by atomic mass is 9.73. The Balaban J connectivity index is 2.25. The standard InChI is InChI=1S/C9H19NO/c1-9(2)5-3-8(4-6-9)7-11-10/h8H,3-7,10H2,1-2H3. The molecule has 0 heterocycles. The normalized spacial score (nSPS) is 25.4. The van der Waals surface area contributed by atoms with Crippen LogP contribution in [0.5, 0.6) is 0 Å². The van der Waals surface area contributed by atoms with Gasteiger partial charge in [0, 0.05) is 0 Å². The molecule has 0 saturated heterocycles. The van der Waals surface area contributed by atoms with Crippen LogP contribution in [-0.2, 0) is 4.84 Å². The van der Waals surface area contributed by atoms with Crippen LogP contribution in [0.3, 0.4) is 0 Å². The first kappa shape index (κ1) is 9.01. The van der Waals surface area contributed by atoms with E-state index in [0.29, 0.717) is 11.3 Å². The quantitative estimate of drug-likeness (QED) is 0.623. The van der Waals surface area contributed by atoms with E-state index in [1.165, 1.54) is 25.7 Å². The number of nitrogens with two attached hydrogens (primary N) is 1. The smallest absolute Gasteiger partial charge is 0.0707 e. The highest BCUT2D eigenvalue weighted by Gasteiger charge is 2.26. The van der Waals surface area contributed by atoms with Crippen LogP contribution in [0.4, 0.5) is 0 Å². The van der Waals surface area contributed by atoms with Gasteiger partial charge in [0.15, 0.2) is 0 Å². The Morgan fingerprint density at radius 3 is 2.36 bits per heavy atom. The molecule has 2 N–H and O–H groups in total. The molecule has 0 bridgehead atoms. The summed E-state index contributed by atoms with van der Waals surface area (Å²) >= 11 is 0. The maximum Gasteiger partial charge on any atom is 0.0707 e. The van der Waals surface area contributed by atoms with Gasteiger partial charge >= 0.3 is 0 Å². The third-order valence-corrected chi connectivity index (χ3v) is 2.79. The van der Waals surface area contributed by atoms with Gasteiger partial charge in [-0.2, -0.15) is 0 Å². The van der Waals surface area contributed by atoms with Crippen molar-refractivity contribution in [3.05, 3.63) is 0 Å². The van der Waals surface area contributed by atoms with Crippen molar-refractivity contribution in [1.82, 2.24) is 0 Å². The minimum absolute atomic E-state index is 0.561. The van der Waals surface area contributed by atoms with Crippen molar-refractivity contribution < 1.29 is 4.84 Å². The molecule has 0 spiro atoms. The van der Waals surface area contributed by atoms with Crippen LogP contribution in [-0.4, -0.2) is 6.61 Å². The summed E-state index contributed by atoms with van der Waals surface area (Å²) in [6.07, 6.45) is 5.20. The van der Waals surface area contributed by atoms with Crippen molar-refractivity contribution in [2.75, 3.05) is 6.61 Å². The Kier molecular flexibility index (Phi) is 2.90. The minimum Gasteiger partial charge on any atom is -0.304 e. The first-order valence-corrected chi connectivity index (χ1v) is 4.46. The van der Waals surface area contributed by atoms with Crippen molar-refractivity contribution in [3.8, 4) is 0 Å². The van der Waals surface area contributed by atoms with Gasteiger partial charge in [0.2, 0.25) is 0 Å². The predicted octanol–water partition coefficient (Wildman–Crippen LogP) is 2.09. The Morgan fingerprint density at radius 1 is 1.36 bits per heavy atom. The molecule has 2 nitrogen and oxygen atoms in total. The second-order valence-electron chi connectivity index (χ2n) is 4.44. The SMILES string of the molecule is CC1(C)CCC(CON)CC1. The predicted molar refractivity (Wildman–Crippen MR) is 45.9 cm³/mol. The molecule has 0 aromatic carbocycles. The third-order valence-electron chi connectivity index (χ3n) is 2.79. The highest BCUT2D eigenvalue weighted by Crippen LogP contribution is 2.37. The molecule has 0 aromatic rings. The van der Waals surface area contributed by atoms with Crippen molar-refractivity contribution >= 4 is 0 Å². The molecule has 11 heavy (non-hydrogen) atoms. The number of rotatable bonds is 2. The van der Waals surface area contributed by atoms with Crippen molar-refractivity contribution in [2.24, 2.45) is 17.2 Å². The summed E-state index contributed by atoms with van der Waals surface area (Å²) in [5.74, 6) is 5.74. The number of hydrogen-bond acceptors (Lipinski definition) is 2. The third kappa shape index (κ3) is 2.80. The van der Waals surface area contributed by atoms with Crippen molar-refractivity contribution in [1.29, 1.82) is 0 Å². The van der Waals surface area contributed by atoms with Gasteiger partial charge in [-0.15, -0.1) is 0 Å².